The molecule has 3 rings (SSSR count). The van der Waals surface area contributed by atoms with E-state index < -0.39 is 47.8 Å². The second-order valence-corrected chi connectivity index (χ2v) is 16.2. The van der Waals surface area contributed by atoms with Crippen molar-refractivity contribution in [1.29, 1.82) is 5.41 Å². The predicted octanol–water partition coefficient (Wildman–Crippen LogP) is 6.41. The quantitative estimate of drug-likeness (QED) is 0.0900. The maximum Gasteiger partial charge on any atom is 0.413 e. The molecule has 0 radical (unpaired) electrons. The number of nitro groups is 1. The van der Waals surface area contributed by atoms with Crippen LogP contribution < -0.4 is 5.32 Å². The molecule has 0 bridgehead atoms. The van der Waals surface area contributed by atoms with Gasteiger partial charge in [-0.3, -0.25) is 20.8 Å². The van der Waals surface area contributed by atoms with Crippen molar-refractivity contribution in [3.8, 4) is 0 Å². The number of thioether (sulfide) groups is 1. The van der Waals surface area contributed by atoms with Crippen molar-refractivity contribution >= 4 is 76.4 Å². The number of nitrogens with one attached hydrogen (secondary N) is 2. The minimum atomic E-state index is -4.55. The number of amidine groups is 1. The van der Waals surface area contributed by atoms with Crippen LogP contribution in [0.2, 0.25) is 0 Å². The van der Waals surface area contributed by atoms with Gasteiger partial charge in [-0.15, -0.1) is 26.9 Å². The van der Waals surface area contributed by atoms with Gasteiger partial charge in [-0.05, 0) is 51.3 Å². The number of halogens is 1. The van der Waals surface area contributed by atoms with Gasteiger partial charge in [0.15, 0.2) is 0 Å². The molecule has 2 aromatic carbocycles. The van der Waals surface area contributed by atoms with Gasteiger partial charge in [0.05, 0.1) is 23.8 Å². The Labute approximate surface area is 248 Å². The number of alkyl carbamates (subject to hydrolysis) is 1. The molecule has 11 nitrogen and oxygen atoms in total. The summed E-state index contributed by atoms with van der Waals surface area (Å²) in [6.45, 7) is 5.01. The Kier molecular flexibility index (Phi) is 9.82. The zero-order chi connectivity index (χ0) is 29.9. The minimum Gasteiger partial charge on any atom is -0.444 e. The second kappa shape index (κ2) is 12.4. The highest BCUT2D eigenvalue weighted by Gasteiger charge is 2.29. The molecule has 1 amide bonds. The van der Waals surface area contributed by atoms with E-state index in [1.807, 2.05) is 0 Å². The van der Waals surface area contributed by atoms with Crippen LogP contribution in [0.1, 0.15) is 31.2 Å². The van der Waals surface area contributed by atoms with E-state index in [0.717, 1.165) is 11.3 Å². The zero-order valence-corrected chi connectivity index (χ0v) is 26.5. The molecule has 16 heteroatoms. The molecule has 0 aliphatic carbocycles. The van der Waals surface area contributed by atoms with E-state index in [1.54, 1.807) is 39.2 Å². The van der Waals surface area contributed by atoms with Crippen molar-refractivity contribution in [2.24, 2.45) is 3.77 Å². The average Bonchev–Trinajstić information content (AvgIpc) is 3.28. The summed E-state index contributed by atoms with van der Waals surface area (Å²) in [5, 5.41) is 22.1. The van der Waals surface area contributed by atoms with Gasteiger partial charge in [0.25, 0.3) is 15.7 Å². The monoisotopic (exact) mass is 688 g/mol. The van der Waals surface area contributed by atoms with Crippen LogP contribution in [-0.2, 0) is 30.2 Å². The lowest BCUT2D eigenvalue weighted by Crippen LogP contribution is -2.36. The number of hydrogen-bond acceptors (Lipinski definition) is 10. The Balaban J connectivity index is 2.17. The van der Waals surface area contributed by atoms with E-state index in [4.69, 9.17) is 10.1 Å². The first kappa shape index (κ1) is 31.7. The van der Waals surface area contributed by atoms with Crippen LogP contribution >= 0.6 is 39.0 Å². The van der Waals surface area contributed by atoms with Crippen LogP contribution in [0.3, 0.4) is 0 Å². The number of hydrogen-bond donors (Lipinski definition) is 2. The van der Waals surface area contributed by atoms with Crippen LogP contribution in [0.25, 0.3) is 0 Å². The third-order valence-electron chi connectivity index (χ3n) is 4.88. The summed E-state index contributed by atoms with van der Waals surface area (Å²) in [7, 11) is -8.46. The van der Waals surface area contributed by atoms with Gasteiger partial charge in [-0.1, -0.05) is 40.2 Å². The minimum absolute atomic E-state index is 0.0278. The molecule has 0 saturated carbocycles. The fourth-order valence-electron chi connectivity index (χ4n) is 3.33. The van der Waals surface area contributed by atoms with Crippen LogP contribution in [0.4, 0.5) is 10.5 Å². The van der Waals surface area contributed by atoms with Crippen LogP contribution in [0, 0.1) is 15.5 Å². The van der Waals surface area contributed by atoms with Crippen LogP contribution in [0.5, 0.6) is 0 Å². The summed E-state index contributed by atoms with van der Waals surface area (Å²) in [6.07, 6.45) is 0.828. The maximum atomic E-state index is 14.7. The normalized spacial score (nSPS) is 13.2. The number of nitrogens with zero attached hydrogens (tertiary/aromatic N) is 2. The first-order valence-corrected chi connectivity index (χ1v) is 17.3. The molecular formula is C24H25BrN4O7S4. The number of amides is 1. The van der Waals surface area contributed by atoms with E-state index >= 15 is 0 Å². The molecular weight excluding hydrogens is 664 g/mol. The van der Waals surface area contributed by atoms with E-state index in [0.29, 0.717) is 8.68 Å². The summed E-state index contributed by atoms with van der Waals surface area (Å²) in [6, 6.07) is 12.9. The second-order valence-electron chi connectivity index (χ2n) is 9.14. The van der Waals surface area contributed by atoms with Crippen LogP contribution in [-0.4, -0.2) is 41.3 Å². The fourth-order valence-corrected chi connectivity index (χ4v) is 10.7. The highest BCUT2D eigenvalue weighted by atomic mass is 79.9. The molecule has 40 heavy (non-hydrogen) atoms. The Hall–Kier alpha value is -2.79. The summed E-state index contributed by atoms with van der Waals surface area (Å²) in [4.78, 5) is 23.2. The van der Waals surface area contributed by atoms with Crippen LogP contribution in [0.15, 0.2) is 76.8 Å². The first-order valence-electron chi connectivity index (χ1n) is 11.3. The molecule has 0 spiro atoms. The number of nitro benzene ring substituents is 1. The number of carbonyl (C=O) groups excluding carboxylic acids is 1. The standard InChI is InChI=1S/C24H25BrN4O7S4/c1-24(2,3)36-23(30)27-21(26)19-13-20(22(37-4)38-19)40(35,17-10-7-9-16(25)12-17)28-39(33,34)14-15-8-5-6-11-18(15)29(31)32/h5-13H,14H2,1-4H3,(H2,26,27,30). The smallest absolute Gasteiger partial charge is 0.413 e. The zero-order valence-electron chi connectivity index (χ0n) is 21.7. The van der Waals surface area contributed by atoms with Crippen molar-refractivity contribution < 1.29 is 27.1 Å². The van der Waals surface area contributed by atoms with Gasteiger partial charge >= 0.3 is 6.09 Å². The highest BCUT2D eigenvalue weighted by Crippen LogP contribution is 2.39. The van der Waals surface area contributed by atoms with Gasteiger partial charge in [0, 0.05) is 16.1 Å². The Bertz CT molecular complexity index is 1710. The molecule has 0 aliphatic rings. The van der Waals surface area contributed by atoms with Crippen molar-refractivity contribution in [2.75, 3.05) is 6.26 Å². The van der Waals surface area contributed by atoms with Crippen molar-refractivity contribution in [1.82, 2.24) is 5.32 Å². The predicted molar refractivity (Wildman–Crippen MR) is 159 cm³/mol. The molecule has 2 N–H and O–H groups in total. The van der Waals surface area contributed by atoms with Crippen molar-refractivity contribution in [2.45, 2.75) is 46.1 Å². The van der Waals surface area contributed by atoms with Gasteiger partial charge in [0.2, 0.25) is 0 Å². The SMILES string of the molecule is CSc1sc(C(=N)NC(=O)OC(C)(C)C)cc1S(=O)(=NS(=O)(=O)Cc1ccccc1[N+](=O)[O-])c1cccc(Br)c1. The summed E-state index contributed by atoms with van der Waals surface area (Å²) in [5.41, 5.74) is -1.31. The Morgan fingerprint density at radius 1 is 1.18 bits per heavy atom. The lowest BCUT2D eigenvalue weighted by Gasteiger charge is -2.19. The molecule has 1 atom stereocenters. The van der Waals surface area contributed by atoms with E-state index in [9.17, 15) is 27.5 Å². The largest absolute Gasteiger partial charge is 0.444 e. The number of para-hydroxylation sites is 1. The van der Waals surface area contributed by atoms with Gasteiger partial charge in [0.1, 0.15) is 26.9 Å². The molecule has 1 unspecified atom stereocenters. The number of thiophene rings is 1. The Morgan fingerprint density at radius 2 is 1.85 bits per heavy atom. The third kappa shape index (κ3) is 7.90. The van der Waals surface area contributed by atoms with E-state index in [2.05, 4.69) is 25.0 Å². The lowest BCUT2D eigenvalue weighted by molar-refractivity contribution is -0.385. The summed E-state index contributed by atoms with van der Waals surface area (Å²) < 4.78 is 51.4. The fraction of sp³-hybridized carbons (Fsp3) is 0.250. The van der Waals surface area contributed by atoms with Gasteiger partial charge in [-0.25, -0.2) is 17.4 Å². The van der Waals surface area contributed by atoms with Crippen molar-refractivity contribution in [3.63, 3.8) is 0 Å². The average molecular weight is 690 g/mol. The molecule has 214 valence electrons. The molecule has 0 saturated heterocycles. The van der Waals surface area contributed by atoms with Gasteiger partial charge in [-0.2, -0.15) is 0 Å². The summed E-state index contributed by atoms with van der Waals surface area (Å²) >= 11 is 5.50. The summed E-state index contributed by atoms with van der Waals surface area (Å²) in [5.74, 6) is -1.18. The number of benzene rings is 2. The number of sulfonamides is 1. The maximum absolute atomic E-state index is 14.7. The Morgan fingerprint density at radius 3 is 2.45 bits per heavy atom. The molecule has 0 aliphatic heterocycles. The number of carbonyl (C=O) groups is 1. The topological polar surface area (TPSA) is 169 Å². The first-order chi connectivity index (χ1) is 18.5. The molecule has 1 aromatic heterocycles. The van der Waals surface area contributed by atoms with E-state index in [1.165, 1.54) is 54.2 Å². The molecule has 3 aromatic rings. The molecule has 0 fully saturated rings. The van der Waals surface area contributed by atoms with Gasteiger partial charge < -0.3 is 4.74 Å². The number of ether oxygens (including phenoxy) is 1. The lowest BCUT2D eigenvalue weighted by atomic mass is 10.2. The molecule has 1 heterocycles. The van der Waals surface area contributed by atoms with E-state index in [-0.39, 0.29) is 26.1 Å². The van der Waals surface area contributed by atoms with Crippen molar-refractivity contribution in [3.05, 3.63) is 79.6 Å². The number of rotatable bonds is 8. The third-order valence-corrected chi connectivity index (χ3v) is 12.2. The highest BCUT2D eigenvalue weighted by molar-refractivity contribution is 9.10.